The van der Waals surface area contributed by atoms with Crippen molar-refractivity contribution in [2.24, 2.45) is 0 Å². The normalized spacial score (nSPS) is 12.0. The van der Waals surface area contributed by atoms with E-state index in [-0.39, 0.29) is 10.7 Å². The first-order valence-corrected chi connectivity index (χ1v) is 11.1. The molecule has 0 unspecified atom stereocenters. The highest BCUT2D eigenvalue weighted by molar-refractivity contribution is 7.94. The average molecular weight is 408 g/mol. The lowest BCUT2D eigenvalue weighted by Gasteiger charge is -2.14. The second-order valence-electron chi connectivity index (χ2n) is 7.29. The molecule has 2 aromatic carbocycles. The smallest absolute Gasteiger partial charge is 0.202 e. The van der Waals surface area contributed by atoms with Gasteiger partial charge in [-0.15, -0.1) is 0 Å². The summed E-state index contributed by atoms with van der Waals surface area (Å²) < 4.78 is 31.6. The molecule has 0 saturated carbocycles. The Kier molecular flexibility index (Phi) is 5.00. The molecule has 0 radical (unpaired) electrons. The highest BCUT2D eigenvalue weighted by Gasteiger charge is 2.14. The topological polar surface area (TPSA) is 79.0 Å². The molecule has 0 spiro atoms. The standard InChI is InChI=1S/C22H23N4O2S/c1-4-5-13-26-22-19(14-17-8-6-7-16(3)20(17)23-22)21(24-26)25-29(27,28)18-11-9-15(2)10-12-18/h6-12,14H,4-5,13H2,1-3H3/q-1. The quantitative estimate of drug-likeness (QED) is 0.429. The summed E-state index contributed by atoms with van der Waals surface area (Å²) in [5, 5.41) is 6.11. The van der Waals surface area contributed by atoms with Gasteiger partial charge in [-0.3, -0.25) is 0 Å². The molecule has 0 fully saturated rings. The first-order valence-electron chi connectivity index (χ1n) is 9.70. The molecular weight excluding hydrogens is 384 g/mol. The van der Waals surface area contributed by atoms with Gasteiger partial charge in [0, 0.05) is 17.3 Å². The summed E-state index contributed by atoms with van der Waals surface area (Å²) in [5.41, 5.74) is 3.62. The van der Waals surface area contributed by atoms with Crippen LogP contribution in [-0.4, -0.2) is 23.2 Å². The third-order valence-corrected chi connectivity index (χ3v) is 6.26. The van der Waals surface area contributed by atoms with Crippen LogP contribution in [0.4, 0.5) is 5.82 Å². The van der Waals surface area contributed by atoms with Crippen LogP contribution in [0.25, 0.3) is 26.7 Å². The maximum Gasteiger partial charge on any atom is 0.202 e. The van der Waals surface area contributed by atoms with Crippen LogP contribution in [0.3, 0.4) is 0 Å². The molecule has 0 aliphatic rings. The number of aryl methyl sites for hydroxylation is 3. The summed E-state index contributed by atoms with van der Waals surface area (Å²) in [6, 6.07) is 14.5. The monoisotopic (exact) mass is 407 g/mol. The number of para-hydroxylation sites is 1. The summed E-state index contributed by atoms with van der Waals surface area (Å²) in [7, 11) is -3.87. The van der Waals surface area contributed by atoms with Crippen LogP contribution in [0.15, 0.2) is 53.4 Å². The lowest BCUT2D eigenvalue weighted by molar-refractivity contribution is 0.586. The van der Waals surface area contributed by atoms with Gasteiger partial charge in [-0.1, -0.05) is 49.2 Å². The molecule has 6 nitrogen and oxygen atoms in total. The highest BCUT2D eigenvalue weighted by Crippen LogP contribution is 2.35. The fourth-order valence-corrected chi connectivity index (χ4v) is 4.27. The zero-order valence-corrected chi connectivity index (χ0v) is 17.6. The van der Waals surface area contributed by atoms with Gasteiger partial charge in [0.25, 0.3) is 0 Å². The van der Waals surface area contributed by atoms with Crippen molar-refractivity contribution in [3.05, 3.63) is 64.4 Å². The van der Waals surface area contributed by atoms with Crippen LogP contribution >= 0.6 is 0 Å². The summed E-state index contributed by atoms with van der Waals surface area (Å²) in [6.45, 7) is 6.69. The van der Waals surface area contributed by atoms with E-state index in [4.69, 9.17) is 4.98 Å². The minimum Gasteiger partial charge on any atom is -0.372 e. The van der Waals surface area contributed by atoms with Crippen molar-refractivity contribution in [1.82, 2.24) is 14.8 Å². The summed E-state index contributed by atoms with van der Waals surface area (Å²) in [4.78, 5) is 4.97. The zero-order valence-electron chi connectivity index (χ0n) is 16.8. The minimum atomic E-state index is -3.87. The van der Waals surface area contributed by atoms with Crippen LogP contribution in [0.1, 0.15) is 30.9 Å². The van der Waals surface area contributed by atoms with Crippen molar-refractivity contribution < 1.29 is 8.42 Å². The van der Waals surface area contributed by atoms with E-state index >= 15 is 0 Å². The molecule has 0 bridgehead atoms. The van der Waals surface area contributed by atoms with Crippen molar-refractivity contribution in [1.29, 1.82) is 0 Å². The maximum atomic E-state index is 12.9. The van der Waals surface area contributed by atoms with Gasteiger partial charge in [0.15, 0.2) is 0 Å². The molecule has 4 aromatic rings. The molecule has 29 heavy (non-hydrogen) atoms. The first kappa shape index (κ1) is 19.4. The molecule has 0 atom stereocenters. The molecule has 4 rings (SSSR count). The Hall–Kier alpha value is -2.93. The summed E-state index contributed by atoms with van der Waals surface area (Å²) in [6.07, 6.45) is 1.93. The molecule has 0 amide bonds. The van der Waals surface area contributed by atoms with E-state index in [1.54, 1.807) is 28.9 Å². The molecule has 0 aliphatic carbocycles. The predicted octanol–water partition coefficient (Wildman–Crippen LogP) is 5.40. The largest absolute Gasteiger partial charge is 0.372 e. The molecule has 0 aliphatic heterocycles. The van der Waals surface area contributed by atoms with Gasteiger partial charge in [-0.05, 0) is 49.8 Å². The van der Waals surface area contributed by atoms with E-state index < -0.39 is 10.0 Å². The van der Waals surface area contributed by atoms with E-state index in [1.807, 2.05) is 38.1 Å². The fraction of sp³-hybridized carbons (Fsp3) is 0.273. The van der Waals surface area contributed by atoms with E-state index in [0.29, 0.717) is 17.6 Å². The Morgan fingerprint density at radius 2 is 1.83 bits per heavy atom. The number of aromatic nitrogens is 3. The fourth-order valence-electron chi connectivity index (χ4n) is 3.32. The lowest BCUT2D eigenvalue weighted by atomic mass is 10.1. The molecule has 2 aromatic heterocycles. The lowest BCUT2D eigenvalue weighted by Crippen LogP contribution is -2.02. The van der Waals surface area contributed by atoms with Crippen molar-refractivity contribution >= 4 is 37.8 Å². The number of pyridine rings is 1. The maximum absolute atomic E-state index is 12.9. The molecule has 0 N–H and O–H groups in total. The van der Waals surface area contributed by atoms with Gasteiger partial charge >= 0.3 is 0 Å². The molecule has 150 valence electrons. The Labute approximate surface area is 170 Å². The average Bonchev–Trinajstić information content (AvgIpc) is 3.02. The summed E-state index contributed by atoms with van der Waals surface area (Å²) >= 11 is 0. The molecule has 7 heteroatoms. The Balaban J connectivity index is 1.86. The van der Waals surface area contributed by atoms with Crippen LogP contribution < -0.4 is 0 Å². The van der Waals surface area contributed by atoms with E-state index in [0.717, 1.165) is 34.9 Å². The Morgan fingerprint density at radius 1 is 1.07 bits per heavy atom. The first-order chi connectivity index (χ1) is 13.9. The third kappa shape index (κ3) is 3.70. The SMILES string of the molecule is CCCCn1nc([N-]S(=O)(=O)c2ccc(C)cc2)c2cc3cccc(C)c3nc21. The molecule has 2 heterocycles. The van der Waals surface area contributed by atoms with E-state index in [1.165, 1.54) is 0 Å². The Morgan fingerprint density at radius 3 is 2.55 bits per heavy atom. The van der Waals surface area contributed by atoms with E-state index in [2.05, 4.69) is 16.7 Å². The van der Waals surface area contributed by atoms with Gasteiger partial charge < -0.3 is 14.5 Å². The van der Waals surface area contributed by atoms with Crippen molar-refractivity contribution in [3.63, 3.8) is 0 Å². The zero-order chi connectivity index (χ0) is 20.6. The summed E-state index contributed by atoms with van der Waals surface area (Å²) in [5.74, 6) is 0.188. The Bertz CT molecular complexity index is 1290. The van der Waals surface area contributed by atoms with Gasteiger partial charge in [-0.2, -0.15) is 0 Å². The second-order valence-corrected chi connectivity index (χ2v) is 8.89. The number of benzene rings is 2. The van der Waals surface area contributed by atoms with Crippen molar-refractivity contribution in [2.75, 3.05) is 0 Å². The number of unbranched alkanes of at least 4 members (excludes halogenated alkanes) is 1. The number of hydrogen-bond acceptors (Lipinski definition) is 4. The number of hydrogen-bond donors (Lipinski definition) is 0. The number of fused-ring (bicyclic) bond motifs is 2. The van der Waals surface area contributed by atoms with Gasteiger partial charge in [0.1, 0.15) is 5.65 Å². The van der Waals surface area contributed by atoms with E-state index in [9.17, 15) is 8.42 Å². The number of sulfonamides is 1. The van der Waals surface area contributed by atoms with Crippen molar-refractivity contribution in [2.45, 2.75) is 45.1 Å². The van der Waals surface area contributed by atoms with Crippen molar-refractivity contribution in [3.8, 4) is 0 Å². The van der Waals surface area contributed by atoms with Gasteiger partial charge in [0.2, 0.25) is 10.0 Å². The van der Waals surface area contributed by atoms with Gasteiger partial charge in [-0.25, -0.2) is 13.4 Å². The van der Waals surface area contributed by atoms with Crippen LogP contribution in [0.2, 0.25) is 0 Å². The molecule has 0 saturated heterocycles. The third-order valence-electron chi connectivity index (χ3n) is 4.98. The number of nitrogens with zero attached hydrogens (tertiary/aromatic N) is 4. The van der Waals surface area contributed by atoms with Gasteiger partial charge in [0.05, 0.1) is 10.4 Å². The highest BCUT2D eigenvalue weighted by atomic mass is 32.2. The predicted molar refractivity (Wildman–Crippen MR) is 116 cm³/mol. The van der Waals surface area contributed by atoms with Crippen LogP contribution in [0.5, 0.6) is 0 Å². The van der Waals surface area contributed by atoms with Crippen LogP contribution in [-0.2, 0) is 16.6 Å². The minimum absolute atomic E-state index is 0.156. The van der Waals surface area contributed by atoms with Crippen LogP contribution in [0, 0.1) is 13.8 Å². The molecular formula is C22H23N4O2S-. The number of rotatable bonds is 6. The second kappa shape index (κ2) is 7.48.